The van der Waals surface area contributed by atoms with Crippen LogP contribution in [-0.4, -0.2) is 23.0 Å². The standard InChI is InChI=1S/C10H11FN2O3/c1-5(10(15)16)13-9(14)7-3-2-6(12)4-8(7)11/h2-5H,12H2,1H3,(H,13,14)(H,15,16)/t5-/m0/s1. The molecule has 1 aromatic rings. The topological polar surface area (TPSA) is 92.4 Å². The molecule has 0 aliphatic heterocycles. The molecule has 0 aliphatic carbocycles. The number of anilines is 1. The van der Waals surface area contributed by atoms with Gasteiger partial charge in [-0.2, -0.15) is 0 Å². The minimum atomic E-state index is -1.19. The van der Waals surface area contributed by atoms with Crippen molar-refractivity contribution < 1.29 is 19.1 Å². The average molecular weight is 226 g/mol. The number of hydrogen-bond donors (Lipinski definition) is 3. The molecular weight excluding hydrogens is 215 g/mol. The molecule has 1 aromatic carbocycles. The van der Waals surface area contributed by atoms with Gasteiger partial charge in [-0.3, -0.25) is 9.59 Å². The maximum atomic E-state index is 13.3. The van der Waals surface area contributed by atoms with Crippen molar-refractivity contribution >= 4 is 17.6 Å². The number of nitrogens with one attached hydrogen (secondary N) is 1. The second-order valence-corrected chi connectivity index (χ2v) is 3.27. The minimum absolute atomic E-state index is 0.195. The predicted molar refractivity (Wildman–Crippen MR) is 55.4 cm³/mol. The van der Waals surface area contributed by atoms with E-state index in [0.717, 1.165) is 6.07 Å². The van der Waals surface area contributed by atoms with Gasteiger partial charge in [-0.25, -0.2) is 4.39 Å². The Bertz CT molecular complexity index is 434. The molecule has 0 saturated heterocycles. The Morgan fingerprint density at radius 3 is 2.62 bits per heavy atom. The van der Waals surface area contributed by atoms with E-state index in [9.17, 15) is 14.0 Å². The van der Waals surface area contributed by atoms with Gasteiger partial charge in [0.25, 0.3) is 5.91 Å². The lowest BCUT2D eigenvalue weighted by atomic mass is 10.1. The van der Waals surface area contributed by atoms with Crippen LogP contribution in [0.5, 0.6) is 0 Å². The normalized spacial score (nSPS) is 11.9. The number of carbonyl (C=O) groups is 2. The molecule has 0 unspecified atom stereocenters. The number of aliphatic carboxylic acids is 1. The molecule has 5 nitrogen and oxygen atoms in total. The number of benzene rings is 1. The molecule has 0 aliphatic rings. The van der Waals surface area contributed by atoms with Crippen LogP contribution in [0.15, 0.2) is 18.2 Å². The van der Waals surface area contributed by atoms with Crippen LogP contribution in [0.1, 0.15) is 17.3 Å². The third-order valence-corrected chi connectivity index (χ3v) is 1.96. The highest BCUT2D eigenvalue weighted by Gasteiger charge is 2.17. The van der Waals surface area contributed by atoms with Crippen molar-refractivity contribution in [1.29, 1.82) is 0 Å². The van der Waals surface area contributed by atoms with Crippen LogP contribution in [-0.2, 0) is 4.79 Å². The maximum Gasteiger partial charge on any atom is 0.325 e. The third-order valence-electron chi connectivity index (χ3n) is 1.96. The van der Waals surface area contributed by atoms with Gasteiger partial charge in [0.05, 0.1) is 5.56 Å². The molecule has 0 radical (unpaired) electrons. The third kappa shape index (κ3) is 2.69. The highest BCUT2D eigenvalue weighted by atomic mass is 19.1. The largest absolute Gasteiger partial charge is 0.480 e. The van der Waals surface area contributed by atoms with E-state index >= 15 is 0 Å². The van der Waals surface area contributed by atoms with Crippen molar-refractivity contribution in [2.75, 3.05) is 5.73 Å². The zero-order valence-electron chi connectivity index (χ0n) is 8.53. The maximum absolute atomic E-state index is 13.3. The van der Waals surface area contributed by atoms with E-state index in [1.165, 1.54) is 19.1 Å². The number of nitrogen functional groups attached to an aromatic ring is 1. The van der Waals surface area contributed by atoms with Gasteiger partial charge in [-0.15, -0.1) is 0 Å². The fourth-order valence-corrected chi connectivity index (χ4v) is 1.05. The molecule has 4 N–H and O–H groups in total. The summed E-state index contributed by atoms with van der Waals surface area (Å²) in [6.07, 6.45) is 0. The second-order valence-electron chi connectivity index (χ2n) is 3.27. The molecule has 1 atom stereocenters. The van der Waals surface area contributed by atoms with Gasteiger partial charge in [0, 0.05) is 5.69 Å². The van der Waals surface area contributed by atoms with E-state index in [1.807, 2.05) is 0 Å². The number of carbonyl (C=O) groups excluding carboxylic acids is 1. The molecule has 0 aromatic heterocycles. The summed E-state index contributed by atoms with van der Waals surface area (Å²) in [5.74, 6) is -2.76. The van der Waals surface area contributed by atoms with E-state index in [-0.39, 0.29) is 11.3 Å². The van der Waals surface area contributed by atoms with E-state index in [0.29, 0.717) is 0 Å². The van der Waals surface area contributed by atoms with Gasteiger partial charge in [0.1, 0.15) is 11.9 Å². The molecule has 0 fully saturated rings. The van der Waals surface area contributed by atoms with Gasteiger partial charge in [0.2, 0.25) is 0 Å². The Kier molecular flexibility index (Phi) is 3.44. The molecular formula is C10H11FN2O3. The summed E-state index contributed by atoms with van der Waals surface area (Å²) >= 11 is 0. The second kappa shape index (κ2) is 4.61. The molecule has 1 amide bonds. The van der Waals surface area contributed by atoms with Crippen molar-refractivity contribution in [1.82, 2.24) is 5.32 Å². The summed E-state index contributed by atoms with van der Waals surface area (Å²) in [5, 5.41) is 10.7. The van der Waals surface area contributed by atoms with Crippen LogP contribution in [0.3, 0.4) is 0 Å². The molecule has 0 heterocycles. The molecule has 6 heteroatoms. The van der Waals surface area contributed by atoms with Crippen LogP contribution in [0.4, 0.5) is 10.1 Å². The summed E-state index contributed by atoms with van der Waals surface area (Å²) in [5.41, 5.74) is 5.27. The lowest BCUT2D eigenvalue weighted by Crippen LogP contribution is -2.38. The number of hydrogen-bond acceptors (Lipinski definition) is 3. The molecule has 16 heavy (non-hydrogen) atoms. The van der Waals surface area contributed by atoms with E-state index in [1.54, 1.807) is 0 Å². The van der Waals surface area contributed by atoms with E-state index in [4.69, 9.17) is 10.8 Å². The summed E-state index contributed by atoms with van der Waals surface area (Å²) < 4.78 is 13.3. The number of carboxylic acids is 1. The first-order valence-electron chi connectivity index (χ1n) is 4.50. The molecule has 0 saturated carbocycles. The first kappa shape index (κ1) is 12.0. The van der Waals surface area contributed by atoms with Gasteiger partial charge >= 0.3 is 5.97 Å². The zero-order chi connectivity index (χ0) is 12.3. The summed E-state index contributed by atoms with van der Waals surface area (Å²) in [4.78, 5) is 21.9. The monoisotopic (exact) mass is 226 g/mol. The summed E-state index contributed by atoms with van der Waals surface area (Å²) in [6.45, 7) is 1.29. The van der Waals surface area contributed by atoms with Gasteiger partial charge in [0.15, 0.2) is 0 Å². The number of carboxylic acid groups (broad SMARTS) is 1. The first-order valence-corrected chi connectivity index (χ1v) is 4.50. The van der Waals surface area contributed by atoms with Gasteiger partial charge in [-0.1, -0.05) is 0 Å². The van der Waals surface area contributed by atoms with Gasteiger partial charge in [-0.05, 0) is 25.1 Å². The molecule has 0 bridgehead atoms. The van der Waals surface area contributed by atoms with Crippen molar-refractivity contribution in [3.63, 3.8) is 0 Å². The van der Waals surface area contributed by atoms with Crippen LogP contribution < -0.4 is 11.1 Å². The SMILES string of the molecule is C[C@H](NC(=O)c1ccc(N)cc1F)C(=O)O. The zero-order valence-corrected chi connectivity index (χ0v) is 8.53. The fourth-order valence-electron chi connectivity index (χ4n) is 1.05. The predicted octanol–water partition coefficient (Wildman–Crippen LogP) is 0.611. The Morgan fingerprint density at radius 1 is 1.50 bits per heavy atom. The number of nitrogens with two attached hydrogens (primary N) is 1. The van der Waals surface area contributed by atoms with E-state index < -0.39 is 23.7 Å². The lowest BCUT2D eigenvalue weighted by Gasteiger charge is -2.09. The quantitative estimate of drug-likeness (QED) is 0.658. The Labute approximate surface area is 91.1 Å². The number of amides is 1. The fraction of sp³-hybridized carbons (Fsp3) is 0.200. The number of halogens is 1. The van der Waals surface area contributed by atoms with Crippen molar-refractivity contribution in [3.8, 4) is 0 Å². The smallest absolute Gasteiger partial charge is 0.325 e. The molecule has 86 valence electrons. The van der Waals surface area contributed by atoms with Crippen molar-refractivity contribution in [2.24, 2.45) is 0 Å². The summed E-state index contributed by atoms with van der Waals surface area (Å²) in [7, 11) is 0. The highest BCUT2D eigenvalue weighted by Crippen LogP contribution is 2.11. The lowest BCUT2D eigenvalue weighted by molar-refractivity contribution is -0.138. The Hall–Kier alpha value is -2.11. The van der Waals surface area contributed by atoms with Crippen LogP contribution >= 0.6 is 0 Å². The molecule has 0 spiro atoms. The van der Waals surface area contributed by atoms with Crippen molar-refractivity contribution in [2.45, 2.75) is 13.0 Å². The van der Waals surface area contributed by atoms with Crippen LogP contribution in [0, 0.1) is 5.82 Å². The Morgan fingerprint density at radius 2 is 2.12 bits per heavy atom. The van der Waals surface area contributed by atoms with E-state index in [2.05, 4.69) is 5.32 Å². The van der Waals surface area contributed by atoms with Crippen LogP contribution in [0.25, 0.3) is 0 Å². The minimum Gasteiger partial charge on any atom is -0.480 e. The summed E-state index contributed by atoms with van der Waals surface area (Å²) in [6, 6.07) is 2.49. The van der Waals surface area contributed by atoms with Crippen molar-refractivity contribution in [3.05, 3.63) is 29.6 Å². The first-order chi connectivity index (χ1) is 7.41. The van der Waals surface area contributed by atoms with Gasteiger partial charge < -0.3 is 16.2 Å². The highest BCUT2D eigenvalue weighted by molar-refractivity contribution is 5.96. The molecule has 1 rings (SSSR count). The number of rotatable bonds is 3. The average Bonchev–Trinajstić information content (AvgIpc) is 2.16. The van der Waals surface area contributed by atoms with Crippen LogP contribution in [0.2, 0.25) is 0 Å². The Balaban J connectivity index is 2.85.